The van der Waals surface area contributed by atoms with Crippen LogP contribution in [0.4, 0.5) is 5.69 Å². The van der Waals surface area contributed by atoms with Gasteiger partial charge in [0.1, 0.15) is 5.82 Å². The van der Waals surface area contributed by atoms with Crippen molar-refractivity contribution in [2.45, 2.75) is 19.8 Å². The summed E-state index contributed by atoms with van der Waals surface area (Å²) in [6.45, 7) is 2.51. The molecule has 3 aromatic rings. The third-order valence-electron chi connectivity index (χ3n) is 4.42. The third-order valence-corrected chi connectivity index (χ3v) is 4.42. The Morgan fingerprint density at radius 1 is 1.12 bits per heavy atom. The van der Waals surface area contributed by atoms with E-state index < -0.39 is 0 Å². The average molecular weight is 333 g/mol. The van der Waals surface area contributed by atoms with Crippen molar-refractivity contribution >= 4 is 22.5 Å². The largest absolute Gasteiger partial charge is 0.467 e. The molecule has 0 fully saturated rings. The molecule has 4 rings (SSSR count). The van der Waals surface area contributed by atoms with Gasteiger partial charge in [-0.15, -0.1) is 0 Å². The van der Waals surface area contributed by atoms with Crippen LogP contribution in [0, 0.1) is 6.92 Å². The predicted molar refractivity (Wildman–Crippen MR) is 96.9 cm³/mol. The molecular weight excluding hydrogens is 314 g/mol. The van der Waals surface area contributed by atoms with Crippen molar-refractivity contribution in [2.24, 2.45) is 0 Å². The highest BCUT2D eigenvalue weighted by Crippen LogP contribution is 2.27. The number of carbonyl (C=O) groups excluding carboxylic acids is 1. The van der Waals surface area contributed by atoms with Crippen LogP contribution < -0.4 is 9.64 Å². The molecule has 0 N–H and O–H groups in total. The third kappa shape index (κ3) is 3.05. The molecule has 1 amide bonds. The van der Waals surface area contributed by atoms with Gasteiger partial charge in [0.05, 0.1) is 10.9 Å². The monoisotopic (exact) mass is 333 g/mol. The maximum Gasteiger partial charge on any atom is 0.264 e. The number of amides is 1. The first-order valence-corrected chi connectivity index (χ1v) is 8.47. The Bertz CT molecular complexity index is 939. The molecule has 2 heterocycles. The van der Waals surface area contributed by atoms with Crippen LogP contribution in [0.3, 0.4) is 0 Å². The van der Waals surface area contributed by atoms with Crippen molar-refractivity contribution in [2.75, 3.05) is 18.1 Å². The van der Waals surface area contributed by atoms with Gasteiger partial charge in [-0.25, -0.2) is 4.98 Å². The van der Waals surface area contributed by atoms with Crippen LogP contribution >= 0.6 is 0 Å². The van der Waals surface area contributed by atoms with E-state index in [-0.39, 0.29) is 12.5 Å². The van der Waals surface area contributed by atoms with Crippen LogP contribution in [-0.2, 0) is 11.2 Å². The maximum atomic E-state index is 12.7. The van der Waals surface area contributed by atoms with Crippen molar-refractivity contribution in [3.8, 4) is 5.88 Å². The van der Waals surface area contributed by atoms with Crippen LogP contribution in [0.25, 0.3) is 10.9 Å². The highest BCUT2D eigenvalue weighted by atomic mass is 16.5. The molecule has 0 atom stereocenters. The van der Waals surface area contributed by atoms with Gasteiger partial charge in [-0.1, -0.05) is 30.3 Å². The Balaban J connectivity index is 1.56. The minimum Gasteiger partial charge on any atom is -0.467 e. The standard InChI is InChI=1S/C20H19N3O2/c1-14-21-17-10-4-3-9-16(17)20(22-14)25-13-19(24)23-12-6-8-15-7-2-5-11-18(15)23/h2-5,7,9-11H,6,8,12-13H2,1H3. The number of rotatable bonds is 3. The number of ether oxygens (including phenoxy) is 1. The van der Waals surface area contributed by atoms with E-state index in [2.05, 4.69) is 16.0 Å². The van der Waals surface area contributed by atoms with E-state index in [9.17, 15) is 4.79 Å². The van der Waals surface area contributed by atoms with Crippen LogP contribution in [0.2, 0.25) is 0 Å². The normalized spacial score (nSPS) is 13.6. The fourth-order valence-electron chi connectivity index (χ4n) is 3.27. The molecule has 0 bridgehead atoms. The van der Waals surface area contributed by atoms with Crippen molar-refractivity contribution in [1.82, 2.24) is 9.97 Å². The fourth-order valence-corrected chi connectivity index (χ4v) is 3.27. The number of para-hydroxylation sites is 2. The van der Waals surface area contributed by atoms with E-state index in [0.717, 1.165) is 36.0 Å². The molecular formula is C20H19N3O2. The number of benzene rings is 2. The fraction of sp³-hybridized carbons (Fsp3) is 0.250. The molecule has 0 aliphatic carbocycles. The van der Waals surface area contributed by atoms with E-state index >= 15 is 0 Å². The molecule has 5 nitrogen and oxygen atoms in total. The average Bonchev–Trinajstić information content (AvgIpc) is 2.65. The summed E-state index contributed by atoms with van der Waals surface area (Å²) in [5, 5.41) is 0.819. The van der Waals surface area contributed by atoms with Gasteiger partial charge in [0.15, 0.2) is 6.61 Å². The second-order valence-corrected chi connectivity index (χ2v) is 6.16. The summed E-state index contributed by atoms with van der Waals surface area (Å²) in [4.78, 5) is 23.3. The Labute approximate surface area is 146 Å². The molecule has 126 valence electrons. The van der Waals surface area contributed by atoms with Crippen LogP contribution in [-0.4, -0.2) is 29.0 Å². The molecule has 1 aliphatic rings. The topological polar surface area (TPSA) is 55.3 Å². The first-order valence-electron chi connectivity index (χ1n) is 8.47. The number of nitrogens with zero attached hydrogens (tertiary/aromatic N) is 3. The minimum atomic E-state index is -0.0486. The van der Waals surface area contributed by atoms with Gasteiger partial charge in [-0.05, 0) is 43.5 Å². The van der Waals surface area contributed by atoms with Crippen LogP contribution in [0.1, 0.15) is 17.8 Å². The summed E-state index contributed by atoms with van der Waals surface area (Å²) < 4.78 is 5.79. The molecule has 5 heteroatoms. The SMILES string of the molecule is Cc1nc(OCC(=O)N2CCCc3ccccc32)c2ccccc2n1. The van der Waals surface area contributed by atoms with Gasteiger partial charge >= 0.3 is 0 Å². The lowest BCUT2D eigenvalue weighted by atomic mass is 10.0. The molecule has 1 aromatic heterocycles. The van der Waals surface area contributed by atoms with E-state index in [0.29, 0.717) is 11.7 Å². The lowest BCUT2D eigenvalue weighted by Gasteiger charge is -2.29. The molecule has 0 spiro atoms. The number of aryl methyl sites for hydroxylation is 2. The summed E-state index contributed by atoms with van der Waals surface area (Å²) in [6.07, 6.45) is 1.98. The molecule has 0 saturated heterocycles. The quantitative estimate of drug-likeness (QED) is 0.738. The number of carbonyl (C=O) groups is 1. The summed E-state index contributed by atoms with van der Waals surface area (Å²) in [5.41, 5.74) is 3.03. The minimum absolute atomic E-state index is 0.0330. The number of hydrogen-bond donors (Lipinski definition) is 0. The molecule has 2 aromatic carbocycles. The van der Waals surface area contributed by atoms with E-state index in [1.165, 1.54) is 5.56 Å². The number of fused-ring (bicyclic) bond motifs is 2. The van der Waals surface area contributed by atoms with E-state index in [4.69, 9.17) is 4.74 Å². The summed E-state index contributed by atoms with van der Waals surface area (Å²) in [5.74, 6) is 1.04. The van der Waals surface area contributed by atoms with Crippen molar-refractivity contribution < 1.29 is 9.53 Å². The van der Waals surface area contributed by atoms with Gasteiger partial charge in [-0.3, -0.25) is 4.79 Å². The van der Waals surface area contributed by atoms with Gasteiger partial charge in [-0.2, -0.15) is 4.98 Å². The van der Waals surface area contributed by atoms with Crippen molar-refractivity contribution in [3.63, 3.8) is 0 Å². The molecule has 0 radical (unpaired) electrons. The molecule has 0 unspecified atom stereocenters. The number of anilines is 1. The second-order valence-electron chi connectivity index (χ2n) is 6.16. The number of aromatic nitrogens is 2. The van der Waals surface area contributed by atoms with E-state index in [1.807, 2.05) is 54.3 Å². The Hall–Kier alpha value is -2.95. The Kier molecular flexibility index (Phi) is 4.06. The first kappa shape index (κ1) is 15.6. The Morgan fingerprint density at radius 3 is 2.84 bits per heavy atom. The van der Waals surface area contributed by atoms with Crippen LogP contribution in [0.5, 0.6) is 5.88 Å². The predicted octanol–water partition coefficient (Wildman–Crippen LogP) is 3.30. The van der Waals surface area contributed by atoms with Crippen LogP contribution in [0.15, 0.2) is 48.5 Å². The Morgan fingerprint density at radius 2 is 1.92 bits per heavy atom. The lowest BCUT2D eigenvalue weighted by molar-refractivity contribution is -0.120. The molecule has 1 aliphatic heterocycles. The summed E-state index contributed by atoms with van der Waals surface area (Å²) >= 11 is 0. The zero-order valence-corrected chi connectivity index (χ0v) is 14.1. The zero-order chi connectivity index (χ0) is 17.2. The summed E-state index contributed by atoms with van der Waals surface area (Å²) in [6, 6.07) is 15.7. The first-order chi connectivity index (χ1) is 12.2. The smallest absolute Gasteiger partial charge is 0.264 e. The zero-order valence-electron chi connectivity index (χ0n) is 14.1. The van der Waals surface area contributed by atoms with Gasteiger partial charge < -0.3 is 9.64 Å². The highest BCUT2D eigenvalue weighted by molar-refractivity contribution is 5.96. The molecule has 25 heavy (non-hydrogen) atoms. The van der Waals surface area contributed by atoms with Crippen molar-refractivity contribution in [1.29, 1.82) is 0 Å². The number of hydrogen-bond acceptors (Lipinski definition) is 4. The highest BCUT2D eigenvalue weighted by Gasteiger charge is 2.22. The lowest BCUT2D eigenvalue weighted by Crippen LogP contribution is -2.38. The van der Waals surface area contributed by atoms with Gasteiger partial charge in [0.25, 0.3) is 5.91 Å². The van der Waals surface area contributed by atoms with Gasteiger partial charge in [0, 0.05) is 12.2 Å². The van der Waals surface area contributed by atoms with E-state index in [1.54, 1.807) is 0 Å². The second kappa shape index (κ2) is 6.51. The van der Waals surface area contributed by atoms with Crippen molar-refractivity contribution in [3.05, 3.63) is 59.9 Å². The summed E-state index contributed by atoms with van der Waals surface area (Å²) in [7, 11) is 0. The molecule has 0 saturated carbocycles. The van der Waals surface area contributed by atoms with Gasteiger partial charge in [0.2, 0.25) is 5.88 Å². The maximum absolute atomic E-state index is 12.7.